The van der Waals surface area contributed by atoms with Crippen LogP contribution in [0.1, 0.15) is 64.2 Å². The Balaban J connectivity index is 1.62. The highest BCUT2D eigenvalue weighted by atomic mass is 32.1. The Bertz CT molecular complexity index is 551. The summed E-state index contributed by atoms with van der Waals surface area (Å²) in [6.07, 6.45) is 6.53. The highest BCUT2D eigenvalue weighted by molar-refractivity contribution is 7.80. The van der Waals surface area contributed by atoms with Crippen LogP contribution in [0, 0.1) is 0 Å². The molecule has 2 aliphatic rings. The zero-order valence-corrected chi connectivity index (χ0v) is 20.9. The molecule has 0 unspecified atom stereocenters. The Labute approximate surface area is 208 Å². The molecule has 5 N–H and O–H groups in total. The molecule has 2 rings (SSSR count). The van der Waals surface area contributed by atoms with Crippen LogP contribution in [0.2, 0.25) is 0 Å². The predicted molar refractivity (Wildman–Crippen MR) is 130 cm³/mol. The third kappa shape index (κ3) is 10.0. The highest BCUT2D eigenvalue weighted by Gasteiger charge is 2.45. The number of ether oxygens (including phenoxy) is 4. The number of aliphatic hydroxyl groups excluding tert-OH is 5. The van der Waals surface area contributed by atoms with Crippen LogP contribution in [0.25, 0.3) is 0 Å². The van der Waals surface area contributed by atoms with Crippen molar-refractivity contribution in [2.75, 3.05) is 25.6 Å². The Kier molecular flexibility index (Phi) is 15.2. The molecule has 2 heterocycles. The second kappa shape index (κ2) is 17.2. The molecule has 8 atom stereocenters. The average Bonchev–Trinajstić information content (AvgIpc) is 2.85. The number of rotatable bonds is 17. The molecule has 9 nitrogen and oxygen atoms in total. The van der Waals surface area contributed by atoms with Gasteiger partial charge in [0, 0.05) is 0 Å². The Morgan fingerprint density at radius 1 is 0.676 bits per heavy atom. The minimum absolute atomic E-state index is 0.346. The van der Waals surface area contributed by atoms with Gasteiger partial charge in [0.2, 0.25) is 0 Å². The molecular weight excluding hydrogens is 464 g/mol. The minimum Gasteiger partial charge on any atom is -0.394 e. The fraction of sp³-hybridized carbons (Fsp3) is 0.917. The number of hydrogen-bond acceptors (Lipinski definition) is 10. The number of thiol groups is 1. The van der Waals surface area contributed by atoms with Crippen molar-refractivity contribution in [2.24, 2.45) is 0 Å². The molecule has 200 valence electrons. The van der Waals surface area contributed by atoms with Crippen LogP contribution < -0.4 is 0 Å². The maximum atomic E-state index is 10.1. The van der Waals surface area contributed by atoms with Crippen molar-refractivity contribution < 1.29 is 44.5 Å². The van der Waals surface area contributed by atoms with Crippen molar-refractivity contribution in [1.29, 1.82) is 0 Å². The number of aliphatic hydroxyl groups is 5. The summed E-state index contributed by atoms with van der Waals surface area (Å²) < 4.78 is 22.5. The summed E-state index contributed by atoms with van der Waals surface area (Å²) in [6, 6.07) is 0. The van der Waals surface area contributed by atoms with Crippen molar-refractivity contribution >= 4 is 12.6 Å². The maximum Gasteiger partial charge on any atom is 0.187 e. The van der Waals surface area contributed by atoms with Crippen molar-refractivity contribution in [2.45, 2.75) is 113 Å². The van der Waals surface area contributed by atoms with Gasteiger partial charge in [-0.3, -0.25) is 0 Å². The van der Waals surface area contributed by atoms with E-state index in [1.165, 1.54) is 51.4 Å². The second-order valence-corrected chi connectivity index (χ2v) is 9.49. The Morgan fingerprint density at radius 2 is 1.26 bits per heavy atom. The van der Waals surface area contributed by atoms with E-state index in [-0.39, 0.29) is 6.61 Å². The van der Waals surface area contributed by atoms with E-state index in [2.05, 4.69) is 12.6 Å². The van der Waals surface area contributed by atoms with Gasteiger partial charge >= 0.3 is 0 Å². The predicted octanol–water partition coefficient (Wildman–Crippen LogP) is 1.29. The van der Waals surface area contributed by atoms with Crippen LogP contribution in [0.15, 0.2) is 12.2 Å². The molecule has 10 heteroatoms. The average molecular weight is 509 g/mol. The van der Waals surface area contributed by atoms with Crippen LogP contribution in [0.3, 0.4) is 0 Å². The molecule has 0 spiro atoms. The topological polar surface area (TPSA) is 138 Å². The lowest BCUT2D eigenvalue weighted by Crippen LogP contribution is -2.60. The van der Waals surface area contributed by atoms with Crippen molar-refractivity contribution in [3.8, 4) is 0 Å². The zero-order valence-electron chi connectivity index (χ0n) is 20.0. The lowest BCUT2D eigenvalue weighted by atomic mass is 9.99. The third-order valence-electron chi connectivity index (χ3n) is 6.29. The first kappa shape index (κ1) is 30.0. The van der Waals surface area contributed by atoms with Crippen molar-refractivity contribution in [3.05, 3.63) is 12.2 Å². The lowest BCUT2D eigenvalue weighted by molar-refractivity contribution is -0.319. The lowest BCUT2D eigenvalue weighted by Gasteiger charge is -2.42. The molecule has 0 bridgehead atoms. The van der Waals surface area contributed by atoms with Gasteiger partial charge in [-0.25, -0.2) is 0 Å². The van der Waals surface area contributed by atoms with E-state index in [4.69, 9.17) is 18.9 Å². The summed E-state index contributed by atoms with van der Waals surface area (Å²) in [5.41, 5.74) is 0. The summed E-state index contributed by atoms with van der Waals surface area (Å²) in [6.45, 7) is -0.339. The van der Waals surface area contributed by atoms with Crippen molar-refractivity contribution in [1.82, 2.24) is 0 Å². The van der Waals surface area contributed by atoms with E-state index >= 15 is 0 Å². The Hall–Kier alpha value is -0.270. The maximum absolute atomic E-state index is 10.1. The van der Waals surface area contributed by atoms with Gasteiger partial charge in [-0.2, -0.15) is 12.6 Å². The second-order valence-electron chi connectivity index (χ2n) is 9.04. The molecule has 0 saturated carbocycles. The van der Waals surface area contributed by atoms with Gasteiger partial charge in [-0.05, 0) is 24.7 Å². The molecule has 0 aromatic carbocycles. The molecule has 34 heavy (non-hydrogen) atoms. The van der Waals surface area contributed by atoms with Crippen LogP contribution >= 0.6 is 12.6 Å². The van der Waals surface area contributed by atoms with Gasteiger partial charge in [0.1, 0.15) is 36.6 Å². The van der Waals surface area contributed by atoms with Gasteiger partial charge in [-0.15, -0.1) is 0 Å². The first-order valence-corrected chi connectivity index (χ1v) is 13.3. The SMILES string of the molecule is OC[C@H]1O[C@@H](O[C@H]2C=C[C@@H](OCCCCCCCCCCCCS)O[C@@H]2CO)[C@H](O)[C@@H](O)[C@H]1O. The van der Waals surface area contributed by atoms with E-state index in [9.17, 15) is 25.5 Å². The van der Waals surface area contributed by atoms with E-state index in [1.54, 1.807) is 12.2 Å². The Morgan fingerprint density at radius 3 is 1.85 bits per heavy atom. The highest BCUT2D eigenvalue weighted by Crippen LogP contribution is 2.26. The molecule has 0 amide bonds. The smallest absolute Gasteiger partial charge is 0.187 e. The van der Waals surface area contributed by atoms with Crippen LogP contribution in [0.4, 0.5) is 0 Å². The molecule has 1 saturated heterocycles. The largest absolute Gasteiger partial charge is 0.394 e. The molecule has 2 aliphatic heterocycles. The quantitative estimate of drug-likeness (QED) is 0.0975. The van der Waals surface area contributed by atoms with Gasteiger partial charge in [0.15, 0.2) is 12.6 Å². The minimum atomic E-state index is -1.53. The van der Waals surface area contributed by atoms with Gasteiger partial charge in [0.05, 0.1) is 19.8 Å². The molecule has 0 aliphatic carbocycles. The van der Waals surface area contributed by atoms with Crippen LogP contribution in [0.5, 0.6) is 0 Å². The number of unbranched alkanes of at least 4 members (excludes halogenated alkanes) is 9. The third-order valence-corrected chi connectivity index (χ3v) is 6.60. The van der Waals surface area contributed by atoms with E-state index in [1.807, 2.05) is 0 Å². The van der Waals surface area contributed by atoms with Crippen molar-refractivity contribution in [3.63, 3.8) is 0 Å². The fourth-order valence-electron chi connectivity index (χ4n) is 4.16. The van der Waals surface area contributed by atoms with E-state index in [0.29, 0.717) is 6.61 Å². The summed E-state index contributed by atoms with van der Waals surface area (Å²) in [4.78, 5) is 0. The molecule has 1 fully saturated rings. The normalized spacial score (nSPS) is 33.9. The molecule has 0 aromatic rings. The van der Waals surface area contributed by atoms with Gasteiger partial charge < -0.3 is 44.5 Å². The summed E-state index contributed by atoms with van der Waals surface area (Å²) in [7, 11) is 0. The fourth-order valence-corrected chi connectivity index (χ4v) is 4.38. The van der Waals surface area contributed by atoms with Crippen LogP contribution in [-0.2, 0) is 18.9 Å². The summed E-state index contributed by atoms with van der Waals surface area (Å²) in [5.74, 6) is 0.987. The van der Waals surface area contributed by atoms with E-state index in [0.717, 1.165) is 18.6 Å². The monoisotopic (exact) mass is 508 g/mol. The zero-order chi connectivity index (χ0) is 24.8. The van der Waals surface area contributed by atoms with Gasteiger partial charge in [0.25, 0.3) is 0 Å². The summed E-state index contributed by atoms with van der Waals surface area (Å²) in [5, 5.41) is 48.9. The van der Waals surface area contributed by atoms with Gasteiger partial charge in [-0.1, -0.05) is 57.4 Å². The van der Waals surface area contributed by atoms with E-state index < -0.39 is 55.8 Å². The van der Waals surface area contributed by atoms with Crippen LogP contribution in [-0.4, -0.2) is 100 Å². The first-order chi connectivity index (χ1) is 16.5. The molecular formula is C24H44O9S. The molecule has 0 aromatic heterocycles. The summed E-state index contributed by atoms with van der Waals surface area (Å²) >= 11 is 4.23. The first-order valence-electron chi connectivity index (χ1n) is 12.6. The standard InChI is InChI=1S/C24H44O9S/c25-15-18-17(32-24-23(29)22(28)21(27)19(16-26)33-24)11-12-20(31-18)30-13-9-7-5-3-1-2-4-6-8-10-14-34/h11-12,17-29,34H,1-10,13-16H2/t17-,18+,19+,20-,21-,22-,23+,24+/m0/s1. The number of hydrogen-bond donors (Lipinski definition) is 6. The molecule has 0 radical (unpaired) electrons.